The number of rotatable bonds is 6. The molecule has 7 nitrogen and oxygen atoms in total. The van der Waals surface area contributed by atoms with Crippen LogP contribution in [0.25, 0.3) is 0 Å². The molecule has 1 aromatic heterocycles. The van der Waals surface area contributed by atoms with Crippen molar-refractivity contribution in [1.29, 1.82) is 0 Å². The number of nitrogens with zero attached hydrogens (tertiary/aromatic N) is 2. The highest BCUT2D eigenvalue weighted by Gasteiger charge is 2.24. The van der Waals surface area contributed by atoms with Crippen LogP contribution in [0, 0.1) is 0 Å². The molecule has 4 N–H and O–H groups in total. The molecule has 108 valence electrons. The average molecular weight is 287 g/mol. The van der Waals surface area contributed by atoms with Crippen LogP contribution < -0.4 is 16.0 Å². The maximum Gasteiger partial charge on any atom is 0.242 e. The number of sulfonamides is 1. The van der Waals surface area contributed by atoms with Crippen LogP contribution in [-0.4, -0.2) is 44.5 Å². The Kier molecular flexibility index (Phi) is 4.86. The molecule has 8 heteroatoms. The Morgan fingerprint density at radius 1 is 1.37 bits per heavy atom. The van der Waals surface area contributed by atoms with E-state index < -0.39 is 10.0 Å². The van der Waals surface area contributed by atoms with Gasteiger partial charge in [0.05, 0.1) is 0 Å². The van der Waals surface area contributed by atoms with Crippen molar-refractivity contribution in [3.8, 4) is 0 Å². The van der Waals surface area contributed by atoms with Crippen LogP contribution >= 0.6 is 0 Å². The molecule has 1 aromatic rings. The van der Waals surface area contributed by atoms with E-state index in [2.05, 4.69) is 15.1 Å². The molecule has 0 aliphatic carbocycles. The fourth-order valence-electron chi connectivity index (χ4n) is 1.14. The fraction of sp³-hybridized carbons (Fsp3) is 0.545. The number of pyridine rings is 1. The number of aromatic nitrogens is 1. The molecule has 0 aromatic carbocycles. The molecule has 0 fully saturated rings. The van der Waals surface area contributed by atoms with E-state index in [-0.39, 0.29) is 10.4 Å². The molecular formula is C11H21N5O2S. The number of anilines is 1. The molecule has 19 heavy (non-hydrogen) atoms. The van der Waals surface area contributed by atoms with Crippen molar-refractivity contribution in [2.45, 2.75) is 24.3 Å². The molecule has 1 heterocycles. The molecule has 0 bridgehead atoms. The lowest BCUT2D eigenvalue weighted by molar-refractivity contribution is 0.199. The van der Waals surface area contributed by atoms with E-state index in [0.29, 0.717) is 12.4 Å². The first-order valence-electron chi connectivity index (χ1n) is 5.79. The highest BCUT2D eigenvalue weighted by molar-refractivity contribution is 7.89. The van der Waals surface area contributed by atoms with Gasteiger partial charge in [-0.05, 0) is 40.1 Å². The number of hydrogen-bond donors (Lipinski definition) is 3. The Hall–Kier alpha value is -1.22. The predicted molar refractivity (Wildman–Crippen MR) is 75.0 cm³/mol. The number of hydrazine groups is 1. The van der Waals surface area contributed by atoms with Crippen LogP contribution in [0.4, 0.5) is 5.82 Å². The molecule has 0 aliphatic rings. The highest BCUT2D eigenvalue weighted by Crippen LogP contribution is 2.13. The standard InChI is InChI=1S/C11H21N5O2S/c1-11(2,16(3)4)8-14-19(17,18)9-5-6-10(15-12)13-7-9/h5-7,14H,8,12H2,1-4H3,(H,13,15). The molecule has 0 atom stereocenters. The summed E-state index contributed by atoms with van der Waals surface area (Å²) in [7, 11) is 0.241. The van der Waals surface area contributed by atoms with Crippen molar-refractivity contribution in [3.05, 3.63) is 18.3 Å². The first kappa shape index (κ1) is 15.8. The third kappa shape index (κ3) is 4.13. The van der Waals surface area contributed by atoms with Gasteiger partial charge in [0.15, 0.2) is 0 Å². The SMILES string of the molecule is CN(C)C(C)(C)CNS(=O)(=O)c1ccc(NN)nc1. The summed E-state index contributed by atoms with van der Waals surface area (Å²) < 4.78 is 26.7. The quantitative estimate of drug-likeness (QED) is 0.502. The molecule has 0 amide bonds. The zero-order valence-electron chi connectivity index (χ0n) is 11.6. The minimum absolute atomic E-state index is 0.112. The van der Waals surface area contributed by atoms with E-state index in [0.717, 1.165) is 0 Å². The van der Waals surface area contributed by atoms with Gasteiger partial charge in [0.1, 0.15) is 10.7 Å². The summed E-state index contributed by atoms with van der Waals surface area (Å²) in [5.74, 6) is 5.58. The van der Waals surface area contributed by atoms with Gasteiger partial charge in [-0.2, -0.15) is 0 Å². The minimum Gasteiger partial charge on any atom is -0.308 e. The summed E-state index contributed by atoms with van der Waals surface area (Å²) >= 11 is 0. The van der Waals surface area contributed by atoms with Gasteiger partial charge in [-0.3, -0.25) is 0 Å². The second-order valence-corrected chi connectivity index (χ2v) is 6.82. The number of nitrogen functional groups attached to an aromatic ring is 1. The van der Waals surface area contributed by atoms with Crippen LogP contribution in [0.15, 0.2) is 23.2 Å². The van der Waals surface area contributed by atoms with Gasteiger partial charge in [0, 0.05) is 18.3 Å². The molecule has 0 radical (unpaired) electrons. The average Bonchev–Trinajstić information content (AvgIpc) is 2.36. The molecule has 0 saturated carbocycles. The monoisotopic (exact) mass is 287 g/mol. The van der Waals surface area contributed by atoms with Gasteiger partial charge in [-0.25, -0.2) is 24.0 Å². The molecule has 1 rings (SSSR count). The fourth-order valence-corrected chi connectivity index (χ4v) is 2.29. The van der Waals surface area contributed by atoms with Crippen molar-refractivity contribution >= 4 is 15.8 Å². The Morgan fingerprint density at radius 2 is 2.00 bits per heavy atom. The molecular weight excluding hydrogens is 266 g/mol. The number of nitrogens with two attached hydrogens (primary N) is 1. The van der Waals surface area contributed by atoms with Crippen LogP contribution in [0.2, 0.25) is 0 Å². The lowest BCUT2D eigenvalue weighted by Crippen LogP contribution is -2.48. The summed E-state index contributed by atoms with van der Waals surface area (Å²) in [5.41, 5.74) is 2.07. The Labute approximate surface area is 114 Å². The lowest BCUT2D eigenvalue weighted by atomic mass is 10.1. The van der Waals surface area contributed by atoms with Crippen LogP contribution in [0.1, 0.15) is 13.8 Å². The van der Waals surface area contributed by atoms with Crippen molar-refractivity contribution < 1.29 is 8.42 Å². The first-order chi connectivity index (χ1) is 8.69. The van der Waals surface area contributed by atoms with Crippen molar-refractivity contribution in [2.75, 3.05) is 26.1 Å². The van der Waals surface area contributed by atoms with E-state index in [9.17, 15) is 8.42 Å². The smallest absolute Gasteiger partial charge is 0.242 e. The van der Waals surface area contributed by atoms with Gasteiger partial charge in [0.25, 0.3) is 0 Å². The molecule has 0 aliphatic heterocycles. The maximum atomic E-state index is 12.1. The van der Waals surface area contributed by atoms with Crippen LogP contribution in [-0.2, 0) is 10.0 Å². The van der Waals surface area contributed by atoms with Gasteiger partial charge < -0.3 is 10.3 Å². The molecule has 0 spiro atoms. The number of hydrogen-bond acceptors (Lipinski definition) is 6. The third-order valence-corrected chi connectivity index (χ3v) is 4.49. The highest BCUT2D eigenvalue weighted by atomic mass is 32.2. The first-order valence-corrected chi connectivity index (χ1v) is 7.27. The van der Waals surface area contributed by atoms with E-state index in [1.807, 2.05) is 32.8 Å². The van der Waals surface area contributed by atoms with Crippen molar-refractivity contribution in [2.24, 2.45) is 5.84 Å². The van der Waals surface area contributed by atoms with Crippen LogP contribution in [0.5, 0.6) is 0 Å². The summed E-state index contributed by atoms with van der Waals surface area (Å²) in [6, 6.07) is 2.96. The zero-order valence-corrected chi connectivity index (χ0v) is 12.5. The van der Waals surface area contributed by atoms with Gasteiger partial charge in [0.2, 0.25) is 10.0 Å². The van der Waals surface area contributed by atoms with E-state index in [1.165, 1.54) is 18.3 Å². The van der Waals surface area contributed by atoms with Gasteiger partial charge >= 0.3 is 0 Å². The number of likely N-dealkylation sites (N-methyl/N-ethyl adjacent to an activating group) is 1. The van der Waals surface area contributed by atoms with Crippen molar-refractivity contribution in [1.82, 2.24) is 14.6 Å². The number of nitrogens with one attached hydrogen (secondary N) is 2. The van der Waals surface area contributed by atoms with Gasteiger partial charge in [-0.1, -0.05) is 0 Å². The Bertz CT molecular complexity index is 510. The van der Waals surface area contributed by atoms with Crippen molar-refractivity contribution in [3.63, 3.8) is 0 Å². The normalized spacial score (nSPS) is 12.7. The van der Waals surface area contributed by atoms with E-state index in [1.54, 1.807) is 0 Å². The van der Waals surface area contributed by atoms with E-state index in [4.69, 9.17) is 5.84 Å². The summed E-state index contributed by atoms with van der Waals surface area (Å²) in [6.45, 7) is 4.21. The second-order valence-electron chi connectivity index (χ2n) is 5.05. The Balaban J connectivity index is 2.81. The Morgan fingerprint density at radius 3 is 2.42 bits per heavy atom. The predicted octanol–water partition coefficient (Wildman–Crippen LogP) is -0.0143. The van der Waals surface area contributed by atoms with Crippen LogP contribution in [0.3, 0.4) is 0 Å². The maximum absolute atomic E-state index is 12.1. The molecule has 0 saturated heterocycles. The summed E-state index contributed by atoms with van der Waals surface area (Å²) in [4.78, 5) is 5.94. The summed E-state index contributed by atoms with van der Waals surface area (Å²) in [6.07, 6.45) is 1.26. The molecule has 0 unspecified atom stereocenters. The second kappa shape index (κ2) is 5.83. The topological polar surface area (TPSA) is 100 Å². The third-order valence-electron chi connectivity index (χ3n) is 3.10. The van der Waals surface area contributed by atoms with E-state index >= 15 is 0 Å². The lowest BCUT2D eigenvalue weighted by Gasteiger charge is -2.32. The zero-order chi connectivity index (χ0) is 14.7. The van der Waals surface area contributed by atoms with Gasteiger partial charge in [-0.15, -0.1) is 0 Å². The largest absolute Gasteiger partial charge is 0.308 e. The minimum atomic E-state index is -3.56. The summed E-state index contributed by atoms with van der Waals surface area (Å²) in [5, 5.41) is 0.